The van der Waals surface area contributed by atoms with Crippen LogP contribution in [0.3, 0.4) is 0 Å². The number of benzene rings is 1. The molecule has 0 atom stereocenters. The van der Waals surface area contributed by atoms with Gasteiger partial charge < -0.3 is 14.8 Å². The Labute approximate surface area is 119 Å². The van der Waals surface area contributed by atoms with Crippen LogP contribution in [0.15, 0.2) is 36.7 Å². The lowest BCUT2D eigenvalue weighted by molar-refractivity contribution is 0.262. The molecule has 1 aromatic carbocycles. The fourth-order valence-corrected chi connectivity index (χ4v) is 1.94. The number of nitrogens with one attached hydrogen (secondary N) is 1. The van der Waals surface area contributed by atoms with Crippen LogP contribution in [0.25, 0.3) is 0 Å². The summed E-state index contributed by atoms with van der Waals surface area (Å²) in [7, 11) is 1.93. The predicted octanol–water partition coefficient (Wildman–Crippen LogP) is 2.08. The first-order valence-corrected chi connectivity index (χ1v) is 6.84. The molecule has 20 heavy (non-hydrogen) atoms. The maximum atomic E-state index is 5.79. The molecule has 1 N–H and O–H groups in total. The second-order valence-electron chi connectivity index (χ2n) is 4.36. The zero-order valence-corrected chi connectivity index (χ0v) is 12.0. The molecular formula is C15H21N3O2. The van der Waals surface area contributed by atoms with Crippen molar-refractivity contribution in [1.82, 2.24) is 15.1 Å². The molecule has 1 aromatic heterocycles. The van der Waals surface area contributed by atoms with Crippen molar-refractivity contribution in [3.8, 4) is 11.5 Å². The van der Waals surface area contributed by atoms with E-state index in [4.69, 9.17) is 9.47 Å². The van der Waals surface area contributed by atoms with Crippen LogP contribution in [-0.4, -0.2) is 30.0 Å². The number of ether oxygens (including phenoxy) is 2. The third kappa shape index (κ3) is 3.99. The zero-order valence-electron chi connectivity index (χ0n) is 12.0. The Morgan fingerprint density at radius 2 is 2.15 bits per heavy atom. The maximum Gasteiger partial charge on any atom is 0.161 e. The van der Waals surface area contributed by atoms with Gasteiger partial charge in [-0.15, -0.1) is 0 Å². The molecule has 5 heteroatoms. The Morgan fingerprint density at radius 3 is 2.85 bits per heavy atom. The molecule has 0 saturated carbocycles. The summed E-state index contributed by atoms with van der Waals surface area (Å²) in [6.45, 7) is 4.69. The molecular weight excluding hydrogens is 254 g/mol. The molecule has 0 aliphatic carbocycles. The van der Waals surface area contributed by atoms with Gasteiger partial charge in [0.2, 0.25) is 0 Å². The van der Waals surface area contributed by atoms with Crippen molar-refractivity contribution in [2.75, 3.05) is 20.3 Å². The average Bonchev–Trinajstić information content (AvgIpc) is 2.95. The van der Waals surface area contributed by atoms with Gasteiger partial charge >= 0.3 is 0 Å². The topological polar surface area (TPSA) is 48.3 Å². The lowest BCUT2D eigenvalue weighted by Crippen LogP contribution is -2.10. The second kappa shape index (κ2) is 7.55. The minimum atomic E-state index is 0.563. The van der Waals surface area contributed by atoms with Crippen LogP contribution in [0.2, 0.25) is 0 Å². The minimum Gasteiger partial charge on any atom is -0.490 e. The standard InChI is InChI=1S/C15H21N3O2/c1-3-19-15-11-13(12-16-2)5-6-14(15)20-10-9-18-8-4-7-17-18/h4-8,11,16H,3,9-10,12H2,1-2H3. The SMILES string of the molecule is CCOc1cc(CNC)ccc1OCCn1cccn1. The number of hydrogen-bond acceptors (Lipinski definition) is 4. The van der Waals surface area contributed by atoms with E-state index < -0.39 is 0 Å². The predicted molar refractivity (Wildman–Crippen MR) is 78.1 cm³/mol. The Balaban J connectivity index is 1.98. The summed E-state index contributed by atoms with van der Waals surface area (Å²) in [6.07, 6.45) is 3.68. The van der Waals surface area contributed by atoms with Crippen LogP contribution in [0.1, 0.15) is 12.5 Å². The quantitative estimate of drug-likeness (QED) is 0.801. The molecule has 0 bridgehead atoms. The third-order valence-electron chi connectivity index (χ3n) is 2.83. The lowest BCUT2D eigenvalue weighted by Gasteiger charge is -2.13. The van der Waals surface area contributed by atoms with Gasteiger partial charge in [0.05, 0.1) is 13.2 Å². The van der Waals surface area contributed by atoms with E-state index >= 15 is 0 Å². The molecule has 5 nitrogen and oxygen atoms in total. The van der Waals surface area contributed by atoms with Crippen molar-refractivity contribution in [3.63, 3.8) is 0 Å². The number of nitrogens with zero attached hydrogens (tertiary/aromatic N) is 2. The van der Waals surface area contributed by atoms with Crippen molar-refractivity contribution in [1.29, 1.82) is 0 Å². The Morgan fingerprint density at radius 1 is 1.25 bits per heavy atom. The van der Waals surface area contributed by atoms with Gasteiger partial charge in [-0.1, -0.05) is 6.07 Å². The van der Waals surface area contributed by atoms with Gasteiger partial charge in [-0.25, -0.2) is 0 Å². The Hall–Kier alpha value is -2.01. The van der Waals surface area contributed by atoms with Crippen LogP contribution in [-0.2, 0) is 13.1 Å². The zero-order chi connectivity index (χ0) is 14.2. The summed E-state index contributed by atoms with van der Waals surface area (Å²) in [6, 6.07) is 7.92. The van der Waals surface area contributed by atoms with E-state index in [1.54, 1.807) is 6.20 Å². The highest BCUT2D eigenvalue weighted by atomic mass is 16.5. The molecule has 108 valence electrons. The van der Waals surface area contributed by atoms with Crippen molar-refractivity contribution >= 4 is 0 Å². The van der Waals surface area contributed by atoms with E-state index in [9.17, 15) is 0 Å². The van der Waals surface area contributed by atoms with Gasteiger partial charge in [0.15, 0.2) is 11.5 Å². The van der Waals surface area contributed by atoms with E-state index in [0.717, 1.165) is 24.6 Å². The average molecular weight is 275 g/mol. The summed E-state index contributed by atoms with van der Waals surface area (Å²) in [5.41, 5.74) is 1.18. The highest BCUT2D eigenvalue weighted by Gasteiger charge is 2.06. The van der Waals surface area contributed by atoms with Crippen LogP contribution in [0.5, 0.6) is 11.5 Å². The summed E-state index contributed by atoms with van der Waals surface area (Å²) in [4.78, 5) is 0. The Bertz CT molecular complexity index is 512. The largest absolute Gasteiger partial charge is 0.490 e. The molecule has 0 saturated heterocycles. The molecule has 0 aliphatic heterocycles. The second-order valence-corrected chi connectivity index (χ2v) is 4.36. The fourth-order valence-electron chi connectivity index (χ4n) is 1.94. The normalized spacial score (nSPS) is 10.5. The summed E-state index contributed by atoms with van der Waals surface area (Å²) in [5, 5.41) is 7.27. The summed E-state index contributed by atoms with van der Waals surface area (Å²) < 4.78 is 13.3. The fraction of sp³-hybridized carbons (Fsp3) is 0.400. The monoisotopic (exact) mass is 275 g/mol. The maximum absolute atomic E-state index is 5.79. The van der Waals surface area contributed by atoms with E-state index in [1.165, 1.54) is 5.56 Å². The molecule has 2 aromatic rings. The van der Waals surface area contributed by atoms with E-state index in [0.29, 0.717) is 13.2 Å². The molecule has 2 rings (SSSR count). The van der Waals surface area contributed by atoms with Crippen LogP contribution in [0, 0.1) is 0 Å². The lowest BCUT2D eigenvalue weighted by atomic mass is 10.2. The molecule has 0 radical (unpaired) electrons. The highest BCUT2D eigenvalue weighted by molar-refractivity contribution is 5.43. The number of aromatic nitrogens is 2. The number of rotatable bonds is 8. The highest BCUT2D eigenvalue weighted by Crippen LogP contribution is 2.28. The first kappa shape index (κ1) is 14.4. The van der Waals surface area contributed by atoms with Gasteiger partial charge in [0.25, 0.3) is 0 Å². The molecule has 0 unspecified atom stereocenters. The molecule has 0 amide bonds. The number of hydrogen-bond donors (Lipinski definition) is 1. The summed E-state index contributed by atoms with van der Waals surface area (Å²) in [5.74, 6) is 1.57. The van der Waals surface area contributed by atoms with Gasteiger partial charge in [-0.3, -0.25) is 4.68 Å². The molecule has 0 aliphatic rings. The first-order valence-electron chi connectivity index (χ1n) is 6.84. The van der Waals surface area contributed by atoms with Gasteiger partial charge in [-0.2, -0.15) is 5.10 Å². The molecule has 0 fully saturated rings. The van der Waals surface area contributed by atoms with E-state index in [1.807, 2.05) is 49.1 Å². The molecule has 1 heterocycles. The van der Waals surface area contributed by atoms with Gasteiger partial charge in [0.1, 0.15) is 6.61 Å². The van der Waals surface area contributed by atoms with Gasteiger partial charge in [-0.05, 0) is 37.7 Å². The van der Waals surface area contributed by atoms with Crippen molar-refractivity contribution in [2.45, 2.75) is 20.0 Å². The third-order valence-corrected chi connectivity index (χ3v) is 2.83. The van der Waals surface area contributed by atoms with Crippen LogP contribution in [0.4, 0.5) is 0 Å². The van der Waals surface area contributed by atoms with Gasteiger partial charge in [0, 0.05) is 18.9 Å². The smallest absolute Gasteiger partial charge is 0.161 e. The van der Waals surface area contributed by atoms with E-state index in [-0.39, 0.29) is 0 Å². The first-order chi connectivity index (χ1) is 9.83. The minimum absolute atomic E-state index is 0.563. The van der Waals surface area contributed by atoms with E-state index in [2.05, 4.69) is 10.4 Å². The van der Waals surface area contributed by atoms with Crippen LogP contribution >= 0.6 is 0 Å². The van der Waals surface area contributed by atoms with Crippen molar-refractivity contribution < 1.29 is 9.47 Å². The van der Waals surface area contributed by atoms with Crippen LogP contribution < -0.4 is 14.8 Å². The Kier molecular flexibility index (Phi) is 5.43. The molecule has 0 spiro atoms. The summed E-state index contributed by atoms with van der Waals surface area (Å²) >= 11 is 0. The van der Waals surface area contributed by atoms with Crippen molar-refractivity contribution in [2.24, 2.45) is 0 Å². The van der Waals surface area contributed by atoms with Crippen molar-refractivity contribution in [3.05, 3.63) is 42.2 Å².